The van der Waals surface area contributed by atoms with Gasteiger partial charge < -0.3 is 10.1 Å². The van der Waals surface area contributed by atoms with Crippen molar-refractivity contribution < 1.29 is 14.7 Å². The highest BCUT2D eigenvalue weighted by molar-refractivity contribution is 8.02. The highest BCUT2D eigenvalue weighted by atomic mass is 32.2. The number of carbonyl (C=O) groups is 1. The first-order chi connectivity index (χ1) is 9.65. The topological polar surface area (TPSA) is 61.8 Å². The molecule has 0 spiro atoms. The Bertz CT molecular complexity index is 490. The predicted octanol–water partition coefficient (Wildman–Crippen LogP) is 2.50. The summed E-state index contributed by atoms with van der Waals surface area (Å²) in [5.41, 5.74) is 0.487. The van der Waals surface area contributed by atoms with E-state index in [9.17, 15) is 10.0 Å². The molecule has 0 radical (unpaired) electrons. The molecule has 0 fully saturated rings. The van der Waals surface area contributed by atoms with Crippen LogP contribution in [0.2, 0.25) is 0 Å². The van der Waals surface area contributed by atoms with Crippen LogP contribution in [0.1, 0.15) is 24.8 Å². The molecule has 6 heteroatoms. The fourth-order valence-electron chi connectivity index (χ4n) is 2.04. The van der Waals surface area contributed by atoms with Crippen molar-refractivity contribution in [2.24, 2.45) is 0 Å². The van der Waals surface area contributed by atoms with E-state index in [-0.39, 0.29) is 11.8 Å². The molecular formula is C14H18N2O3S. The lowest BCUT2D eigenvalue weighted by atomic mass is 9.95. The zero-order valence-electron chi connectivity index (χ0n) is 11.4. The van der Waals surface area contributed by atoms with E-state index in [1.54, 1.807) is 12.5 Å². The summed E-state index contributed by atoms with van der Waals surface area (Å²) in [4.78, 5) is 12.3. The van der Waals surface area contributed by atoms with Gasteiger partial charge in [-0.05, 0) is 29.5 Å². The van der Waals surface area contributed by atoms with Crippen molar-refractivity contribution in [1.29, 1.82) is 0 Å². The molecule has 20 heavy (non-hydrogen) atoms. The lowest BCUT2D eigenvalue weighted by Crippen LogP contribution is -2.42. The number of benzene rings is 1. The van der Waals surface area contributed by atoms with E-state index >= 15 is 0 Å². The van der Waals surface area contributed by atoms with Crippen LogP contribution in [-0.2, 0) is 4.79 Å². The third-order valence-corrected chi connectivity index (χ3v) is 4.04. The van der Waals surface area contributed by atoms with Gasteiger partial charge in [-0.1, -0.05) is 30.8 Å². The first-order valence-electron chi connectivity index (χ1n) is 6.39. The maximum absolute atomic E-state index is 12.3. The molecule has 2 N–H and O–H groups in total. The number of rotatable bonds is 5. The number of nitrogens with zero attached hydrogens (tertiary/aromatic N) is 1. The van der Waals surface area contributed by atoms with E-state index in [0.717, 1.165) is 16.4 Å². The maximum Gasteiger partial charge on any atom is 0.229 e. The smallest absolute Gasteiger partial charge is 0.229 e. The third kappa shape index (κ3) is 3.26. The number of methoxy groups -OCH3 is 1. The number of hydroxylamine groups is 2. The minimum Gasteiger partial charge on any atom is -0.497 e. The van der Waals surface area contributed by atoms with Crippen LogP contribution in [0.15, 0.2) is 35.9 Å². The molecule has 1 unspecified atom stereocenters. The summed E-state index contributed by atoms with van der Waals surface area (Å²) in [5, 5.41) is 15.1. The minimum atomic E-state index is -0.449. The number of hydrogen-bond acceptors (Lipinski definition) is 5. The summed E-state index contributed by atoms with van der Waals surface area (Å²) >= 11 is 1.35. The molecule has 2 atom stereocenters. The molecule has 1 aliphatic rings. The Kier molecular flexibility index (Phi) is 4.92. The Hall–Kier alpha value is -1.66. The van der Waals surface area contributed by atoms with Crippen molar-refractivity contribution in [2.45, 2.75) is 24.8 Å². The Morgan fingerprint density at radius 2 is 2.20 bits per heavy atom. The lowest BCUT2D eigenvalue weighted by molar-refractivity contribution is -0.127. The molecule has 1 amide bonds. The minimum absolute atomic E-state index is 0.0992. The molecule has 1 aromatic carbocycles. The fourth-order valence-corrected chi connectivity index (χ4v) is 2.77. The largest absolute Gasteiger partial charge is 0.497 e. The predicted molar refractivity (Wildman–Crippen MR) is 78.3 cm³/mol. The zero-order valence-corrected chi connectivity index (χ0v) is 12.3. The summed E-state index contributed by atoms with van der Waals surface area (Å²) in [5.74, 6) is 0.425. The van der Waals surface area contributed by atoms with Gasteiger partial charge in [0, 0.05) is 6.20 Å². The van der Waals surface area contributed by atoms with Crippen LogP contribution < -0.4 is 10.1 Å². The van der Waals surface area contributed by atoms with Crippen molar-refractivity contribution in [3.05, 3.63) is 41.4 Å². The normalized spacial score (nSPS) is 18.9. The van der Waals surface area contributed by atoms with Gasteiger partial charge in [0.2, 0.25) is 5.91 Å². The zero-order chi connectivity index (χ0) is 14.5. The van der Waals surface area contributed by atoms with Gasteiger partial charge in [0.15, 0.2) is 5.50 Å². The van der Waals surface area contributed by atoms with E-state index in [1.807, 2.05) is 31.2 Å². The number of amides is 1. The van der Waals surface area contributed by atoms with Crippen LogP contribution in [0.25, 0.3) is 0 Å². The van der Waals surface area contributed by atoms with Gasteiger partial charge in [-0.15, -0.1) is 0 Å². The molecule has 1 aromatic rings. The number of nitrogens with one attached hydrogen (secondary N) is 1. The molecule has 1 aliphatic heterocycles. The van der Waals surface area contributed by atoms with Gasteiger partial charge in [0.25, 0.3) is 0 Å². The highest BCUT2D eigenvalue weighted by Gasteiger charge is 2.25. The van der Waals surface area contributed by atoms with E-state index < -0.39 is 5.50 Å². The molecule has 5 nitrogen and oxygen atoms in total. The number of ether oxygens (including phenoxy) is 1. The van der Waals surface area contributed by atoms with Crippen LogP contribution in [-0.4, -0.2) is 28.8 Å². The Morgan fingerprint density at radius 1 is 1.50 bits per heavy atom. The number of carbonyl (C=O) groups excluding carboxylic acids is 1. The summed E-state index contributed by atoms with van der Waals surface area (Å²) < 4.78 is 5.11. The standard InChI is InChI=1S/C14H18N2O3S/c1-3-12(10-4-6-11(19-2)7-5-10)13(17)15-14-16(18)8-9-20-14/h4-9,12,14,18H,3H2,1-2H3,(H,15,17)/t12?,14-/m0/s1. The quantitative estimate of drug-likeness (QED) is 0.873. The molecule has 108 valence electrons. The molecular weight excluding hydrogens is 276 g/mol. The Labute approximate surface area is 122 Å². The lowest BCUT2D eigenvalue weighted by Gasteiger charge is -2.22. The fraction of sp³-hybridized carbons (Fsp3) is 0.357. The van der Waals surface area contributed by atoms with E-state index in [2.05, 4.69) is 5.32 Å². The van der Waals surface area contributed by atoms with Gasteiger partial charge in [0.1, 0.15) is 5.75 Å². The van der Waals surface area contributed by atoms with Crippen LogP contribution >= 0.6 is 11.8 Å². The second kappa shape index (κ2) is 6.67. The molecule has 2 rings (SSSR count). The van der Waals surface area contributed by atoms with Crippen molar-refractivity contribution >= 4 is 17.7 Å². The van der Waals surface area contributed by atoms with Crippen molar-refractivity contribution in [2.75, 3.05) is 7.11 Å². The monoisotopic (exact) mass is 294 g/mol. The SMILES string of the molecule is CCC(C(=O)N[C@@H]1SC=CN1O)c1ccc(OC)cc1. The van der Waals surface area contributed by atoms with E-state index in [4.69, 9.17) is 4.74 Å². The first kappa shape index (κ1) is 14.7. The second-order valence-corrected chi connectivity index (χ2v) is 5.39. The summed E-state index contributed by atoms with van der Waals surface area (Å²) in [6.45, 7) is 1.96. The molecule has 0 aliphatic carbocycles. The maximum atomic E-state index is 12.3. The molecule has 0 saturated heterocycles. The van der Waals surface area contributed by atoms with E-state index in [1.165, 1.54) is 18.0 Å². The third-order valence-electron chi connectivity index (χ3n) is 3.17. The van der Waals surface area contributed by atoms with Crippen LogP contribution in [0.4, 0.5) is 0 Å². The molecule has 0 aromatic heterocycles. The Morgan fingerprint density at radius 3 is 2.70 bits per heavy atom. The van der Waals surface area contributed by atoms with Gasteiger partial charge in [-0.2, -0.15) is 0 Å². The number of hydrogen-bond donors (Lipinski definition) is 2. The summed E-state index contributed by atoms with van der Waals surface area (Å²) in [7, 11) is 1.61. The van der Waals surface area contributed by atoms with Gasteiger partial charge >= 0.3 is 0 Å². The summed E-state index contributed by atoms with van der Waals surface area (Å²) in [6, 6.07) is 7.47. The van der Waals surface area contributed by atoms with Crippen molar-refractivity contribution in [3.63, 3.8) is 0 Å². The van der Waals surface area contributed by atoms with Crippen LogP contribution in [0.5, 0.6) is 5.75 Å². The van der Waals surface area contributed by atoms with Crippen LogP contribution in [0.3, 0.4) is 0 Å². The van der Waals surface area contributed by atoms with Crippen molar-refractivity contribution in [1.82, 2.24) is 10.4 Å². The van der Waals surface area contributed by atoms with Gasteiger partial charge in [-0.3, -0.25) is 10.0 Å². The van der Waals surface area contributed by atoms with Gasteiger partial charge in [0.05, 0.1) is 13.0 Å². The molecule has 1 heterocycles. The molecule has 0 saturated carbocycles. The first-order valence-corrected chi connectivity index (χ1v) is 7.33. The molecule has 0 bridgehead atoms. The Balaban J connectivity index is 2.04. The number of thioether (sulfide) groups is 1. The van der Waals surface area contributed by atoms with Crippen molar-refractivity contribution in [3.8, 4) is 5.75 Å². The van der Waals surface area contributed by atoms with E-state index in [0.29, 0.717) is 6.42 Å². The average Bonchev–Trinajstić information content (AvgIpc) is 2.86. The van der Waals surface area contributed by atoms with Gasteiger partial charge in [-0.25, -0.2) is 5.06 Å². The average molecular weight is 294 g/mol. The highest BCUT2D eigenvalue weighted by Crippen LogP contribution is 2.25. The van der Waals surface area contributed by atoms with Crippen LogP contribution in [0, 0.1) is 0 Å². The second-order valence-electron chi connectivity index (χ2n) is 4.40. The summed E-state index contributed by atoms with van der Waals surface area (Å²) in [6.07, 6.45) is 2.21.